The average molecular weight is 325 g/mol. The molecule has 0 saturated heterocycles. The lowest BCUT2D eigenvalue weighted by atomic mass is 10.1. The van der Waals surface area contributed by atoms with Crippen LogP contribution in [-0.4, -0.2) is 8.42 Å². The van der Waals surface area contributed by atoms with E-state index in [9.17, 15) is 8.42 Å². The number of aryl methyl sites for hydroxylation is 2. The zero-order valence-corrected chi connectivity index (χ0v) is 13.4. The predicted octanol–water partition coefficient (Wildman–Crippen LogP) is 3.02. The van der Waals surface area contributed by atoms with E-state index in [1.165, 1.54) is 0 Å². The van der Waals surface area contributed by atoms with Crippen LogP contribution in [-0.2, 0) is 16.6 Å². The Balaban J connectivity index is 2.27. The minimum atomic E-state index is -3.66. The summed E-state index contributed by atoms with van der Waals surface area (Å²) in [5.41, 5.74) is 8.41. The van der Waals surface area contributed by atoms with E-state index in [1.54, 1.807) is 44.2 Å². The molecule has 112 valence electrons. The Bertz CT molecular complexity index is 756. The van der Waals surface area contributed by atoms with Gasteiger partial charge < -0.3 is 5.73 Å². The van der Waals surface area contributed by atoms with Gasteiger partial charge in [0.25, 0.3) is 0 Å². The summed E-state index contributed by atoms with van der Waals surface area (Å²) in [6.45, 7) is 3.70. The molecule has 0 aliphatic carbocycles. The van der Waals surface area contributed by atoms with Crippen molar-refractivity contribution in [1.29, 1.82) is 0 Å². The molecule has 0 atom stereocenters. The van der Waals surface area contributed by atoms with E-state index in [0.717, 1.165) is 11.1 Å². The Morgan fingerprint density at radius 3 is 2.24 bits per heavy atom. The van der Waals surface area contributed by atoms with Crippen molar-refractivity contribution < 1.29 is 8.42 Å². The van der Waals surface area contributed by atoms with Crippen molar-refractivity contribution >= 4 is 27.3 Å². The Kier molecular flexibility index (Phi) is 4.56. The quantitative estimate of drug-likeness (QED) is 0.849. The predicted molar refractivity (Wildman–Crippen MR) is 85.8 cm³/mol. The molecule has 4 nitrogen and oxygen atoms in total. The average Bonchev–Trinajstić information content (AvgIpc) is 2.43. The lowest BCUT2D eigenvalue weighted by molar-refractivity contribution is 0.581. The van der Waals surface area contributed by atoms with Crippen molar-refractivity contribution in [3.63, 3.8) is 0 Å². The Morgan fingerprint density at radius 1 is 1.05 bits per heavy atom. The van der Waals surface area contributed by atoms with Crippen molar-refractivity contribution in [3.8, 4) is 0 Å². The molecule has 0 radical (unpaired) electrons. The number of nitrogen functional groups attached to an aromatic ring is 1. The van der Waals surface area contributed by atoms with Crippen LogP contribution in [0, 0.1) is 13.8 Å². The van der Waals surface area contributed by atoms with E-state index < -0.39 is 10.0 Å². The summed E-state index contributed by atoms with van der Waals surface area (Å²) in [6.07, 6.45) is 0. The third-order valence-corrected chi connectivity index (χ3v) is 5.11. The molecule has 0 aliphatic rings. The van der Waals surface area contributed by atoms with Gasteiger partial charge in [-0.3, -0.25) is 0 Å². The summed E-state index contributed by atoms with van der Waals surface area (Å²) in [4.78, 5) is 0.150. The SMILES string of the molecule is Cc1ccc(C)c(S(=O)(=O)NCc2ccc(Cl)cc2)c1N. The Hall–Kier alpha value is -1.56. The van der Waals surface area contributed by atoms with Crippen LogP contribution < -0.4 is 10.5 Å². The fourth-order valence-electron chi connectivity index (χ4n) is 2.02. The van der Waals surface area contributed by atoms with Crippen molar-refractivity contribution in [3.05, 3.63) is 58.1 Å². The number of hydrogen-bond donors (Lipinski definition) is 2. The minimum Gasteiger partial charge on any atom is -0.397 e. The summed E-state index contributed by atoms with van der Waals surface area (Å²) in [5, 5.41) is 0.611. The second kappa shape index (κ2) is 6.05. The van der Waals surface area contributed by atoms with Gasteiger partial charge in [0.2, 0.25) is 10.0 Å². The van der Waals surface area contributed by atoms with Crippen molar-refractivity contribution in [2.24, 2.45) is 0 Å². The zero-order chi connectivity index (χ0) is 15.6. The second-order valence-corrected chi connectivity index (χ2v) is 7.03. The van der Waals surface area contributed by atoms with Crippen molar-refractivity contribution in [1.82, 2.24) is 4.72 Å². The van der Waals surface area contributed by atoms with Crippen LogP contribution in [0.1, 0.15) is 16.7 Å². The normalized spacial score (nSPS) is 11.6. The number of nitrogens with two attached hydrogens (primary N) is 1. The largest absolute Gasteiger partial charge is 0.397 e. The standard InChI is InChI=1S/C15H17ClN2O2S/c1-10-3-4-11(2)15(14(10)17)21(19,20)18-9-12-5-7-13(16)8-6-12/h3-8,18H,9,17H2,1-2H3. The molecule has 0 fully saturated rings. The van der Waals surface area contributed by atoms with Crippen molar-refractivity contribution in [2.75, 3.05) is 5.73 Å². The maximum absolute atomic E-state index is 12.4. The minimum absolute atomic E-state index is 0.150. The molecule has 6 heteroatoms. The first kappa shape index (κ1) is 15.8. The molecule has 0 amide bonds. The first-order chi connectivity index (χ1) is 9.81. The highest BCUT2D eigenvalue weighted by Gasteiger charge is 2.20. The molecule has 0 heterocycles. The van der Waals surface area contributed by atoms with Crippen LogP contribution >= 0.6 is 11.6 Å². The van der Waals surface area contributed by atoms with E-state index >= 15 is 0 Å². The molecule has 2 rings (SSSR count). The van der Waals surface area contributed by atoms with Gasteiger partial charge in [0, 0.05) is 11.6 Å². The number of sulfonamides is 1. The molecule has 0 bridgehead atoms. The van der Waals surface area contributed by atoms with Crippen LogP contribution in [0.15, 0.2) is 41.3 Å². The summed E-state index contributed by atoms with van der Waals surface area (Å²) in [5.74, 6) is 0. The highest BCUT2D eigenvalue weighted by atomic mass is 35.5. The van der Waals surface area contributed by atoms with Gasteiger partial charge in [0.05, 0.1) is 5.69 Å². The number of nitrogens with one attached hydrogen (secondary N) is 1. The molecule has 21 heavy (non-hydrogen) atoms. The van der Waals surface area contributed by atoms with E-state index in [-0.39, 0.29) is 11.4 Å². The third-order valence-electron chi connectivity index (χ3n) is 3.26. The van der Waals surface area contributed by atoms with Crippen LogP contribution in [0.2, 0.25) is 5.02 Å². The van der Waals surface area contributed by atoms with Gasteiger partial charge in [-0.1, -0.05) is 35.9 Å². The summed E-state index contributed by atoms with van der Waals surface area (Å²) < 4.78 is 27.5. The van der Waals surface area contributed by atoms with Crippen LogP contribution in [0.5, 0.6) is 0 Å². The first-order valence-corrected chi connectivity index (χ1v) is 8.27. The van der Waals surface area contributed by atoms with E-state index in [0.29, 0.717) is 16.3 Å². The summed E-state index contributed by atoms with van der Waals surface area (Å²) >= 11 is 5.80. The van der Waals surface area contributed by atoms with E-state index in [2.05, 4.69) is 4.72 Å². The number of anilines is 1. The molecule has 0 aromatic heterocycles. The Labute approximate surface area is 130 Å². The molecular formula is C15H17ClN2O2S. The number of benzene rings is 2. The molecule has 0 spiro atoms. The van der Waals surface area contributed by atoms with Crippen molar-refractivity contribution in [2.45, 2.75) is 25.3 Å². The van der Waals surface area contributed by atoms with Gasteiger partial charge in [-0.05, 0) is 42.7 Å². The van der Waals surface area contributed by atoms with E-state index in [4.69, 9.17) is 17.3 Å². The monoisotopic (exact) mass is 324 g/mol. The smallest absolute Gasteiger partial charge is 0.243 e. The molecule has 2 aromatic carbocycles. The van der Waals surface area contributed by atoms with Crippen LogP contribution in [0.4, 0.5) is 5.69 Å². The lowest BCUT2D eigenvalue weighted by Crippen LogP contribution is -2.25. The van der Waals surface area contributed by atoms with Crippen LogP contribution in [0.25, 0.3) is 0 Å². The lowest BCUT2D eigenvalue weighted by Gasteiger charge is -2.13. The second-order valence-electron chi connectivity index (χ2n) is 4.89. The van der Waals surface area contributed by atoms with Gasteiger partial charge >= 0.3 is 0 Å². The topological polar surface area (TPSA) is 72.2 Å². The molecule has 2 aromatic rings. The highest BCUT2D eigenvalue weighted by molar-refractivity contribution is 7.89. The number of halogens is 1. The first-order valence-electron chi connectivity index (χ1n) is 6.41. The molecule has 3 N–H and O–H groups in total. The maximum atomic E-state index is 12.4. The van der Waals surface area contributed by atoms with Crippen LogP contribution in [0.3, 0.4) is 0 Å². The molecule has 0 unspecified atom stereocenters. The highest BCUT2D eigenvalue weighted by Crippen LogP contribution is 2.25. The molecular weight excluding hydrogens is 308 g/mol. The zero-order valence-electron chi connectivity index (χ0n) is 11.9. The fourth-order valence-corrected chi connectivity index (χ4v) is 3.59. The van der Waals surface area contributed by atoms with Gasteiger partial charge in [0.1, 0.15) is 4.90 Å². The fraction of sp³-hybridized carbons (Fsp3) is 0.200. The van der Waals surface area contributed by atoms with Gasteiger partial charge in [0.15, 0.2) is 0 Å². The molecule has 0 saturated carbocycles. The van der Waals surface area contributed by atoms with Gasteiger partial charge in [-0.2, -0.15) is 0 Å². The Morgan fingerprint density at radius 2 is 1.62 bits per heavy atom. The van der Waals surface area contributed by atoms with E-state index in [1.807, 2.05) is 6.07 Å². The molecule has 0 aliphatic heterocycles. The maximum Gasteiger partial charge on any atom is 0.243 e. The van der Waals surface area contributed by atoms with Gasteiger partial charge in [-0.15, -0.1) is 0 Å². The summed E-state index contributed by atoms with van der Waals surface area (Å²) in [6, 6.07) is 10.6. The number of hydrogen-bond acceptors (Lipinski definition) is 3. The summed E-state index contributed by atoms with van der Waals surface area (Å²) in [7, 11) is -3.66. The number of rotatable bonds is 4. The third kappa shape index (κ3) is 3.56. The van der Waals surface area contributed by atoms with Gasteiger partial charge in [-0.25, -0.2) is 13.1 Å².